The Morgan fingerprint density at radius 2 is 0.380 bits per heavy atom. The summed E-state index contributed by atoms with van der Waals surface area (Å²) in [6.45, 7) is 0. The maximum absolute atomic E-state index is 6.45. The monoisotopic (exact) mass is 1540 g/mol. The maximum atomic E-state index is 6.45. The molecule has 3 aromatic heterocycles. The molecule has 3 nitrogen and oxygen atoms in total. The van der Waals surface area contributed by atoms with Crippen LogP contribution in [0, 0.1) is 0 Å². The van der Waals surface area contributed by atoms with Crippen molar-refractivity contribution in [3.8, 4) is 77.9 Å². The first kappa shape index (κ1) is 69.4. The topological polar surface area (TPSA) is 39.4 Å². The van der Waals surface area contributed by atoms with Gasteiger partial charge in [0.15, 0.2) is 0 Å². The Kier molecular flexibility index (Phi) is 16.3. The van der Waals surface area contributed by atoms with Crippen molar-refractivity contribution < 1.29 is 13.3 Å². The maximum Gasteiger partial charge on any atom is 0.143 e. The molecule has 121 heavy (non-hydrogen) atoms. The summed E-state index contributed by atoms with van der Waals surface area (Å²) in [5, 5.41) is 31.7. The summed E-state index contributed by atoms with van der Waals surface area (Å²) in [5.74, 6) is 0. The third-order valence-corrected chi connectivity index (χ3v) is 25.1. The molecule has 0 aliphatic carbocycles. The summed E-state index contributed by atoms with van der Waals surface area (Å²) in [4.78, 5) is 0. The van der Waals surface area contributed by atoms with Crippen molar-refractivity contribution in [3.63, 3.8) is 0 Å². The molecule has 0 radical (unpaired) electrons. The Labute approximate surface area is 696 Å². The molecule has 0 bridgehead atoms. The third-order valence-electron chi connectivity index (χ3n) is 25.1. The van der Waals surface area contributed by atoms with E-state index in [1.807, 2.05) is 0 Å². The summed E-state index contributed by atoms with van der Waals surface area (Å²) in [6.07, 6.45) is 0. The third kappa shape index (κ3) is 11.5. The van der Waals surface area contributed by atoms with Gasteiger partial charge in [-0.15, -0.1) is 0 Å². The van der Waals surface area contributed by atoms with Gasteiger partial charge in [0.25, 0.3) is 0 Å². The van der Waals surface area contributed by atoms with Crippen LogP contribution in [0.5, 0.6) is 0 Å². The highest BCUT2D eigenvalue weighted by Gasteiger charge is 2.24. The van der Waals surface area contributed by atoms with E-state index >= 15 is 0 Å². The van der Waals surface area contributed by atoms with E-state index in [0.717, 1.165) is 71.2 Å². The fourth-order valence-electron chi connectivity index (χ4n) is 19.7. The van der Waals surface area contributed by atoms with Crippen LogP contribution in [0.2, 0.25) is 0 Å². The van der Waals surface area contributed by atoms with Gasteiger partial charge in [-0.25, -0.2) is 0 Å². The Bertz CT molecular complexity index is 8530. The normalized spacial score (nSPS) is 11.8. The molecular weight excluding hydrogens is 1470 g/mol. The first-order valence-electron chi connectivity index (χ1n) is 41.6. The lowest BCUT2D eigenvalue weighted by atomic mass is 9.85. The number of fused-ring (bicyclic) bond motifs is 22. The number of rotatable bonds is 7. The molecule has 0 aliphatic rings. The second-order valence-corrected chi connectivity index (χ2v) is 31.8. The van der Waals surface area contributed by atoms with Gasteiger partial charge in [-0.05, 0) is 236 Å². The van der Waals surface area contributed by atoms with Crippen molar-refractivity contribution in [2.75, 3.05) is 0 Å². The Balaban J connectivity index is 0.000000103. The molecule has 0 N–H and O–H groups in total. The molecule has 0 aliphatic heterocycles. The van der Waals surface area contributed by atoms with Gasteiger partial charge in [-0.1, -0.05) is 376 Å². The minimum Gasteiger partial charge on any atom is -0.456 e. The summed E-state index contributed by atoms with van der Waals surface area (Å²) in [6, 6.07) is 157. The zero-order chi connectivity index (χ0) is 79.6. The first-order chi connectivity index (χ1) is 60.0. The first-order valence-corrected chi connectivity index (χ1v) is 41.6. The van der Waals surface area contributed by atoms with Crippen LogP contribution in [0.15, 0.2) is 450 Å². The zero-order valence-corrected chi connectivity index (χ0v) is 65.8. The molecule has 3 heterocycles. The predicted octanol–water partition coefficient (Wildman–Crippen LogP) is 34.0. The molecule has 0 saturated heterocycles. The molecular formula is C118H72O3. The van der Waals surface area contributed by atoms with Crippen molar-refractivity contribution in [1.82, 2.24) is 0 Å². The highest BCUT2D eigenvalue weighted by atomic mass is 16.3. The van der Waals surface area contributed by atoms with E-state index in [4.69, 9.17) is 13.3 Å². The van der Waals surface area contributed by atoms with Crippen LogP contribution in [0.1, 0.15) is 0 Å². The molecule has 23 aromatic carbocycles. The van der Waals surface area contributed by atoms with Crippen LogP contribution < -0.4 is 0 Å². The lowest BCUT2D eigenvalue weighted by molar-refractivity contribution is 0.669. The standard InChI is InChI=1S/C42H26O.C40H24O.C36H22O/c1-2-10-27(11-3-1)28-18-20-30(21-19-28)40-33-14-6-8-16-35(33)41(36-17-9-7-15-34(36)40)31-23-25-39-38(26-31)37-24-22-29-12-4-5-13-32(29)42(37)43-39;1-2-11-27-23-28(18-17-25(27)9-1)38-31-13-5-7-15-33(31)39(34-16-8-6-14-32(34)38)29-20-22-37-36(24-29)35-21-19-26-10-3-4-12-30(26)40(35)41-37;1-2-11-24(12-3-1)34-27-14-6-8-16-29(27)35(30-17-9-7-15-28(30)34)25-18-20-31-33(22-25)37-32-21-19-23-10-4-5-13-26(23)36(31)32/h1-26H;1-24H;1-22H. The second kappa shape index (κ2) is 28.5. The van der Waals surface area contributed by atoms with Crippen LogP contribution in [-0.2, 0) is 0 Å². The highest BCUT2D eigenvalue weighted by Crippen LogP contribution is 2.51. The molecule has 26 rings (SSSR count). The molecule has 0 amide bonds. The van der Waals surface area contributed by atoms with E-state index in [9.17, 15) is 0 Å². The lowest BCUT2D eigenvalue weighted by Crippen LogP contribution is -1.91. The van der Waals surface area contributed by atoms with Crippen LogP contribution in [0.4, 0.5) is 0 Å². The molecule has 3 heteroatoms. The van der Waals surface area contributed by atoms with Crippen molar-refractivity contribution in [2.24, 2.45) is 0 Å². The van der Waals surface area contributed by atoms with Gasteiger partial charge in [-0.2, -0.15) is 0 Å². The number of benzene rings is 23. The zero-order valence-electron chi connectivity index (χ0n) is 65.8. The Morgan fingerprint density at radius 1 is 0.116 bits per heavy atom. The van der Waals surface area contributed by atoms with Gasteiger partial charge in [0, 0.05) is 43.1 Å². The molecule has 562 valence electrons. The average molecular weight is 1540 g/mol. The van der Waals surface area contributed by atoms with Crippen LogP contribution in [0.25, 0.3) is 251 Å². The molecule has 26 aromatic rings. The quantitative estimate of drug-likeness (QED) is 0.149. The average Bonchev–Trinajstić information content (AvgIpc) is 1.56. The summed E-state index contributed by atoms with van der Waals surface area (Å²) in [7, 11) is 0. The molecule has 0 atom stereocenters. The Morgan fingerprint density at radius 3 is 0.818 bits per heavy atom. The van der Waals surface area contributed by atoms with Crippen LogP contribution in [0.3, 0.4) is 0 Å². The molecule has 0 unspecified atom stereocenters. The van der Waals surface area contributed by atoms with Crippen LogP contribution >= 0.6 is 0 Å². The van der Waals surface area contributed by atoms with E-state index < -0.39 is 0 Å². The van der Waals surface area contributed by atoms with Gasteiger partial charge in [0.05, 0.1) is 0 Å². The van der Waals surface area contributed by atoms with E-state index in [1.54, 1.807) is 0 Å². The van der Waals surface area contributed by atoms with Crippen molar-refractivity contribution in [3.05, 3.63) is 437 Å². The van der Waals surface area contributed by atoms with Gasteiger partial charge in [0.1, 0.15) is 33.5 Å². The summed E-state index contributed by atoms with van der Waals surface area (Å²) in [5.41, 5.74) is 22.9. The smallest absolute Gasteiger partial charge is 0.143 e. The van der Waals surface area contributed by atoms with E-state index in [0.29, 0.717) is 0 Å². The minimum absolute atomic E-state index is 0.916. The van der Waals surface area contributed by atoms with Crippen molar-refractivity contribution >= 4 is 174 Å². The van der Waals surface area contributed by atoms with Gasteiger partial charge in [0.2, 0.25) is 0 Å². The fourth-order valence-corrected chi connectivity index (χ4v) is 19.7. The summed E-state index contributed by atoms with van der Waals surface area (Å²) < 4.78 is 19.3. The van der Waals surface area contributed by atoms with Crippen molar-refractivity contribution in [1.29, 1.82) is 0 Å². The number of hydrogen-bond donors (Lipinski definition) is 0. The molecule has 0 spiro atoms. The molecule has 0 fully saturated rings. The van der Waals surface area contributed by atoms with Gasteiger partial charge < -0.3 is 13.3 Å². The number of furan rings is 3. The van der Waals surface area contributed by atoms with Gasteiger partial charge >= 0.3 is 0 Å². The Hall–Kier alpha value is -15.9. The fraction of sp³-hybridized carbons (Fsp3) is 0. The lowest BCUT2D eigenvalue weighted by Gasteiger charge is -2.18. The predicted molar refractivity (Wildman–Crippen MR) is 514 cm³/mol. The molecule has 0 saturated carbocycles. The minimum atomic E-state index is 0.916. The number of hydrogen-bond acceptors (Lipinski definition) is 3. The second-order valence-electron chi connectivity index (χ2n) is 31.8. The van der Waals surface area contributed by atoms with E-state index in [1.165, 1.54) is 180 Å². The SMILES string of the molecule is c1ccc(-c2c3ccccc3c(-c3ccc4c(c3)oc3ccc5ccccc5c34)c3ccccc23)cc1.c1ccc(-c2ccc(-c3c4ccccc4c(-c4ccc5oc6c7ccccc7ccc6c5c4)c4ccccc34)cc2)cc1.c1ccc2cc(-c3c4ccccc4c(-c4ccc5oc6c7ccccc7ccc6c5c4)c4ccccc34)ccc2c1. The van der Waals surface area contributed by atoms with Crippen molar-refractivity contribution in [2.45, 2.75) is 0 Å². The van der Waals surface area contributed by atoms with Crippen LogP contribution in [-0.4, -0.2) is 0 Å². The highest BCUT2D eigenvalue weighted by molar-refractivity contribution is 6.28. The largest absolute Gasteiger partial charge is 0.456 e. The van der Waals surface area contributed by atoms with Gasteiger partial charge in [-0.3, -0.25) is 0 Å². The summed E-state index contributed by atoms with van der Waals surface area (Å²) >= 11 is 0. The van der Waals surface area contributed by atoms with E-state index in [2.05, 4.69) is 437 Å². The van der Waals surface area contributed by atoms with E-state index in [-0.39, 0.29) is 0 Å².